The number of methoxy groups -OCH3 is 3. The van der Waals surface area contributed by atoms with Gasteiger partial charge in [0.05, 0.1) is 32.8 Å². The van der Waals surface area contributed by atoms with Crippen LogP contribution in [-0.2, 0) is 11.3 Å². The first-order chi connectivity index (χ1) is 13.1. The molecule has 0 spiro atoms. The summed E-state index contributed by atoms with van der Waals surface area (Å²) in [5.74, 6) is 1.46. The molecular weight excluding hydrogens is 382 g/mol. The largest absolute Gasteiger partial charge is 0.493 e. The lowest BCUT2D eigenvalue weighted by Crippen LogP contribution is -2.27. The van der Waals surface area contributed by atoms with Gasteiger partial charge in [0.1, 0.15) is 4.32 Å². The van der Waals surface area contributed by atoms with Crippen molar-refractivity contribution < 1.29 is 19.0 Å². The first-order valence-electron chi connectivity index (χ1n) is 8.16. The van der Waals surface area contributed by atoms with Crippen molar-refractivity contribution in [1.29, 1.82) is 0 Å². The molecule has 140 valence electrons. The van der Waals surface area contributed by atoms with Gasteiger partial charge in [0.15, 0.2) is 11.5 Å². The Bertz CT molecular complexity index is 871. The number of thioether (sulfide) groups is 1. The molecule has 0 unspecified atom stereocenters. The highest BCUT2D eigenvalue weighted by Crippen LogP contribution is 2.40. The molecule has 3 rings (SSSR count). The minimum Gasteiger partial charge on any atom is -0.493 e. The van der Waals surface area contributed by atoms with Crippen LogP contribution in [0.1, 0.15) is 11.1 Å². The summed E-state index contributed by atoms with van der Waals surface area (Å²) in [6.45, 7) is 0.456. The summed E-state index contributed by atoms with van der Waals surface area (Å²) in [6.07, 6.45) is 1.79. The van der Waals surface area contributed by atoms with Crippen LogP contribution in [0.15, 0.2) is 47.4 Å². The second kappa shape index (κ2) is 8.45. The Balaban J connectivity index is 1.89. The maximum atomic E-state index is 12.8. The Morgan fingerprint density at radius 3 is 2.22 bits per heavy atom. The Hall–Kier alpha value is -2.51. The van der Waals surface area contributed by atoms with Crippen molar-refractivity contribution in [3.63, 3.8) is 0 Å². The molecule has 2 aromatic rings. The molecule has 0 radical (unpaired) electrons. The Labute approximate surface area is 167 Å². The molecule has 5 nitrogen and oxygen atoms in total. The molecule has 0 aliphatic carbocycles. The van der Waals surface area contributed by atoms with Crippen LogP contribution in [-0.4, -0.2) is 36.5 Å². The second-order valence-electron chi connectivity index (χ2n) is 5.71. The zero-order valence-corrected chi connectivity index (χ0v) is 16.9. The number of hydrogen-bond donors (Lipinski definition) is 0. The van der Waals surface area contributed by atoms with Gasteiger partial charge in [-0.25, -0.2) is 0 Å². The molecule has 1 aliphatic rings. The van der Waals surface area contributed by atoms with Crippen molar-refractivity contribution in [2.24, 2.45) is 0 Å². The van der Waals surface area contributed by atoms with Gasteiger partial charge in [0.25, 0.3) is 5.91 Å². The van der Waals surface area contributed by atoms with Crippen molar-refractivity contribution in [3.8, 4) is 17.2 Å². The molecule has 0 bridgehead atoms. The van der Waals surface area contributed by atoms with Gasteiger partial charge in [-0.1, -0.05) is 54.3 Å². The van der Waals surface area contributed by atoms with Crippen molar-refractivity contribution in [1.82, 2.24) is 4.90 Å². The normalized spacial score (nSPS) is 15.4. The molecule has 27 heavy (non-hydrogen) atoms. The van der Waals surface area contributed by atoms with E-state index in [0.717, 1.165) is 11.1 Å². The molecule has 0 aromatic heterocycles. The van der Waals surface area contributed by atoms with E-state index < -0.39 is 0 Å². The first-order valence-corrected chi connectivity index (χ1v) is 9.39. The van der Waals surface area contributed by atoms with Crippen molar-refractivity contribution >= 4 is 40.3 Å². The van der Waals surface area contributed by atoms with Crippen molar-refractivity contribution in [2.75, 3.05) is 21.3 Å². The van der Waals surface area contributed by atoms with Gasteiger partial charge in [0.2, 0.25) is 5.75 Å². The molecular formula is C20H19NO4S2. The van der Waals surface area contributed by atoms with Gasteiger partial charge in [-0.3, -0.25) is 9.69 Å². The number of ether oxygens (including phenoxy) is 3. The fourth-order valence-electron chi connectivity index (χ4n) is 2.74. The smallest absolute Gasteiger partial charge is 0.266 e. The quantitative estimate of drug-likeness (QED) is 0.536. The zero-order chi connectivity index (χ0) is 19.4. The standard InChI is InChI=1S/C20H19NO4S2/c1-23-15-9-14(10-16(24-2)18(15)25-3)11-17-19(22)21(20(26)27-17)12-13-7-5-4-6-8-13/h4-11H,12H2,1-3H3. The number of thiocarbonyl (C=S) groups is 1. The van der Waals surface area contributed by atoms with Crippen LogP contribution in [0.5, 0.6) is 17.2 Å². The number of carbonyl (C=O) groups excluding carboxylic acids is 1. The number of amides is 1. The molecule has 1 fully saturated rings. The van der Waals surface area contributed by atoms with Gasteiger partial charge >= 0.3 is 0 Å². The molecule has 1 saturated heterocycles. The van der Waals surface area contributed by atoms with E-state index in [-0.39, 0.29) is 5.91 Å². The lowest BCUT2D eigenvalue weighted by molar-refractivity contribution is -0.122. The van der Waals surface area contributed by atoms with Gasteiger partial charge in [-0.2, -0.15) is 0 Å². The third-order valence-electron chi connectivity index (χ3n) is 4.04. The number of benzene rings is 2. The molecule has 7 heteroatoms. The minimum absolute atomic E-state index is 0.109. The van der Waals surface area contributed by atoms with E-state index in [1.54, 1.807) is 44.4 Å². The van der Waals surface area contributed by atoms with Crippen LogP contribution in [0.25, 0.3) is 6.08 Å². The maximum Gasteiger partial charge on any atom is 0.266 e. The Morgan fingerprint density at radius 1 is 1.04 bits per heavy atom. The zero-order valence-electron chi connectivity index (χ0n) is 15.2. The van der Waals surface area contributed by atoms with Gasteiger partial charge in [-0.15, -0.1) is 0 Å². The summed E-state index contributed by atoms with van der Waals surface area (Å²) in [6, 6.07) is 13.4. The van der Waals surface area contributed by atoms with Crippen LogP contribution in [0.4, 0.5) is 0 Å². The highest BCUT2D eigenvalue weighted by molar-refractivity contribution is 8.26. The summed E-state index contributed by atoms with van der Waals surface area (Å²) in [4.78, 5) is 15.0. The van der Waals surface area contributed by atoms with Crippen LogP contribution < -0.4 is 14.2 Å². The third-order valence-corrected chi connectivity index (χ3v) is 5.42. The molecule has 1 aliphatic heterocycles. The summed E-state index contributed by atoms with van der Waals surface area (Å²) in [7, 11) is 4.66. The van der Waals surface area contributed by atoms with E-state index in [2.05, 4.69) is 0 Å². The van der Waals surface area contributed by atoms with Crippen LogP contribution >= 0.6 is 24.0 Å². The summed E-state index contributed by atoms with van der Waals surface area (Å²) < 4.78 is 16.6. The summed E-state index contributed by atoms with van der Waals surface area (Å²) in [5.41, 5.74) is 1.80. The fraction of sp³-hybridized carbons (Fsp3) is 0.200. The number of carbonyl (C=O) groups is 1. The predicted molar refractivity (Wildman–Crippen MR) is 111 cm³/mol. The van der Waals surface area contributed by atoms with Crippen molar-refractivity contribution in [3.05, 3.63) is 58.5 Å². The summed E-state index contributed by atoms with van der Waals surface area (Å²) >= 11 is 6.69. The van der Waals surface area contributed by atoms with Crippen LogP contribution in [0.3, 0.4) is 0 Å². The molecule has 0 atom stereocenters. The summed E-state index contributed by atoms with van der Waals surface area (Å²) in [5, 5.41) is 0. The first kappa shape index (κ1) is 19.3. The monoisotopic (exact) mass is 401 g/mol. The molecule has 1 heterocycles. The molecule has 0 saturated carbocycles. The van der Waals surface area contributed by atoms with E-state index in [0.29, 0.717) is 33.0 Å². The second-order valence-corrected chi connectivity index (χ2v) is 7.39. The topological polar surface area (TPSA) is 48.0 Å². The SMILES string of the molecule is COc1cc(C=C2SC(=S)N(Cc3ccccc3)C2=O)cc(OC)c1OC. The molecule has 0 N–H and O–H groups in total. The van der Waals surface area contributed by atoms with Gasteiger partial charge in [0, 0.05) is 0 Å². The van der Waals surface area contributed by atoms with Crippen LogP contribution in [0.2, 0.25) is 0 Å². The maximum absolute atomic E-state index is 12.8. The lowest BCUT2D eigenvalue weighted by Gasteiger charge is -2.14. The third kappa shape index (κ3) is 4.09. The minimum atomic E-state index is -0.109. The molecule has 2 aromatic carbocycles. The van der Waals surface area contributed by atoms with E-state index in [1.165, 1.54) is 11.8 Å². The van der Waals surface area contributed by atoms with E-state index in [1.807, 2.05) is 30.3 Å². The van der Waals surface area contributed by atoms with E-state index >= 15 is 0 Å². The number of hydrogen-bond acceptors (Lipinski definition) is 6. The average molecular weight is 402 g/mol. The fourth-order valence-corrected chi connectivity index (χ4v) is 3.99. The highest BCUT2D eigenvalue weighted by Gasteiger charge is 2.32. The van der Waals surface area contributed by atoms with Gasteiger partial charge < -0.3 is 14.2 Å². The van der Waals surface area contributed by atoms with Gasteiger partial charge in [-0.05, 0) is 29.3 Å². The average Bonchev–Trinajstić information content (AvgIpc) is 2.95. The van der Waals surface area contributed by atoms with Crippen LogP contribution in [0, 0.1) is 0 Å². The van der Waals surface area contributed by atoms with Crippen molar-refractivity contribution in [2.45, 2.75) is 6.54 Å². The molecule has 1 amide bonds. The van der Waals surface area contributed by atoms with E-state index in [4.69, 9.17) is 26.4 Å². The Morgan fingerprint density at radius 2 is 1.67 bits per heavy atom. The van der Waals surface area contributed by atoms with E-state index in [9.17, 15) is 4.79 Å². The predicted octanol–water partition coefficient (Wildman–Crippen LogP) is 4.11. The lowest BCUT2D eigenvalue weighted by atomic mass is 10.1. The number of rotatable bonds is 6. The number of nitrogens with zero attached hydrogens (tertiary/aromatic N) is 1. The highest BCUT2D eigenvalue weighted by atomic mass is 32.2. The Kier molecular flexibility index (Phi) is 6.03.